The van der Waals surface area contributed by atoms with Gasteiger partial charge in [0.1, 0.15) is 11.2 Å². The molecule has 2 atom stereocenters. The van der Waals surface area contributed by atoms with E-state index in [1.165, 1.54) is 4.90 Å². The van der Waals surface area contributed by atoms with E-state index >= 15 is 0 Å². The zero-order valence-electron chi connectivity index (χ0n) is 19.8. The number of aliphatic carboxylic acids is 2. The van der Waals surface area contributed by atoms with E-state index in [2.05, 4.69) is 5.32 Å². The molecule has 0 aromatic heterocycles. The van der Waals surface area contributed by atoms with E-state index in [1.54, 1.807) is 41.5 Å². The third-order valence-electron chi connectivity index (χ3n) is 4.59. The van der Waals surface area contributed by atoms with Gasteiger partial charge in [-0.2, -0.15) is 0 Å². The number of carbonyl (C=O) groups is 4. The summed E-state index contributed by atoms with van der Waals surface area (Å²) in [7, 11) is 0. The van der Waals surface area contributed by atoms with Crippen LogP contribution >= 0.6 is 0 Å². The maximum absolute atomic E-state index is 12.1. The number of piperidine rings is 1. The maximum atomic E-state index is 12.1. The lowest BCUT2D eigenvalue weighted by Crippen LogP contribution is -2.60. The van der Waals surface area contributed by atoms with Crippen molar-refractivity contribution < 1.29 is 38.9 Å². The normalized spacial score (nSPS) is 21.7. The molecule has 2 aliphatic heterocycles. The Morgan fingerprint density at radius 1 is 0.875 bits per heavy atom. The Kier molecular flexibility index (Phi) is 9.74. The number of hydrogen-bond donors (Lipinski definition) is 3. The fourth-order valence-electron chi connectivity index (χ4n) is 3.09. The summed E-state index contributed by atoms with van der Waals surface area (Å²) in [5, 5.41) is 20.9. The molecule has 184 valence electrons. The van der Waals surface area contributed by atoms with Gasteiger partial charge in [-0.15, -0.1) is 0 Å². The second-order valence-electron chi connectivity index (χ2n) is 9.84. The van der Waals surface area contributed by atoms with E-state index in [0.717, 1.165) is 24.3 Å². The first kappa shape index (κ1) is 27.5. The highest BCUT2D eigenvalue weighted by atomic mass is 16.6. The Morgan fingerprint density at radius 2 is 1.44 bits per heavy atom. The summed E-state index contributed by atoms with van der Waals surface area (Å²) >= 11 is 0. The molecule has 3 N–H and O–H groups in total. The minimum atomic E-state index is -1.19. The maximum Gasteiger partial charge on any atom is 0.411 e. The fraction of sp³-hybridized carbons (Fsp3) is 0.810. The number of piperazine rings is 1. The van der Waals surface area contributed by atoms with Gasteiger partial charge in [-0.3, -0.25) is 9.69 Å². The van der Waals surface area contributed by atoms with Crippen LogP contribution in [0.1, 0.15) is 54.4 Å². The molecule has 0 saturated carbocycles. The average molecular weight is 460 g/mol. The van der Waals surface area contributed by atoms with Crippen molar-refractivity contribution in [2.75, 3.05) is 32.7 Å². The summed E-state index contributed by atoms with van der Waals surface area (Å²) in [6.07, 6.45) is 0.542. The number of carbonyl (C=O) groups excluding carboxylic acids is 2. The van der Waals surface area contributed by atoms with E-state index in [9.17, 15) is 24.3 Å². The number of amides is 2. The number of nitrogens with zero attached hydrogens (tertiary/aromatic N) is 2. The molecule has 0 unspecified atom stereocenters. The predicted octanol–water partition coefficient (Wildman–Crippen LogP) is 2.00. The number of nitrogens with one attached hydrogen (secondary N) is 1. The summed E-state index contributed by atoms with van der Waals surface area (Å²) < 4.78 is 10.5. The highest BCUT2D eigenvalue weighted by Crippen LogP contribution is 2.18. The van der Waals surface area contributed by atoms with Crippen molar-refractivity contribution in [3.8, 4) is 0 Å². The summed E-state index contributed by atoms with van der Waals surface area (Å²) in [4.78, 5) is 48.4. The van der Waals surface area contributed by atoms with Crippen LogP contribution in [0.4, 0.5) is 9.59 Å². The van der Waals surface area contributed by atoms with Gasteiger partial charge in [-0.1, -0.05) is 0 Å². The molecule has 2 fully saturated rings. The number of rotatable bonds is 2. The van der Waals surface area contributed by atoms with Crippen LogP contribution in [-0.2, 0) is 19.1 Å². The monoisotopic (exact) mass is 459 g/mol. The lowest BCUT2D eigenvalue weighted by Gasteiger charge is -2.39. The van der Waals surface area contributed by atoms with E-state index in [0.29, 0.717) is 6.54 Å². The quantitative estimate of drug-likeness (QED) is 0.564. The molecule has 0 aromatic carbocycles. The SMILES string of the molecule is CC(C)(C)OC(=O)N1CCN(C(=O)OC(C)(C)C)[C@@H](C(=O)O)C1.O=C(O)[C@@H]1CCCNC1. The number of ether oxygens (including phenoxy) is 2. The molecule has 0 spiro atoms. The van der Waals surface area contributed by atoms with Gasteiger partial charge in [-0.25, -0.2) is 14.4 Å². The van der Waals surface area contributed by atoms with Crippen LogP contribution in [0.2, 0.25) is 0 Å². The molecule has 11 heteroatoms. The van der Waals surface area contributed by atoms with E-state index in [1.807, 2.05) is 0 Å². The molecule has 0 bridgehead atoms. The van der Waals surface area contributed by atoms with Gasteiger partial charge in [0.2, 0.25) is 0 Å². The van der Waals surface area contributed by atoms with Crippen molar-refractivity contribution in [2.24, 2.45) is 5.92 Å². The van der Waals surface area contributed by atoms with Crippen molar-refractivity contribution in [3.63, 3.8) is 0 Å². The van der Waals surface area contributed by atoms with Crippen molar-refractivity contribution in [2.45, 2.75) is 71.6 Å². The molecular weight excluding hydrogens is 422 g/mol. The van der Waals surface area contributed by atoms with Gasteiger partial charge in [0.25, 0.3) is 0 Å². The third kappa shape index (κ3) is 9.71. The molecule has 0 radical (unpaired) electrons. The van der Waals surface area contributed by atoms with E-state index in [4.69, 9.17) is 14.6 Å². The second-order valence-corrected chi connectivity index (χ2v) is 9.84. The van der Waals surface area contributed by atoms with E-state index < -0.39 is 41.4 Å². The summed E-state index contributed by atoms with van der Waals surface area (Å²) in [6.45, 7) is 12.1. The minimum Gasteiger partial charge on any atom is -0.481 e. The Bertz CT molecular complexity index is 678. The Hall–Kier alpha value is -2.56. The Morgan fingerprint density at radius 3 is 1.84 bits per heavy atom. The van der Waals surface area contributed by atoms with Crippen molar-refractivity contribution in [1.29, 1.82) is 0 Å². The average Bonchev–Trinajstić information content (AvgIpc) is 2.66. The first-order valence-corrected chi connectivity index (χ1v) is 10.7. The molecule has 0 aromatic rings. The lowest BCUT2D eigenvalue weighted by atomic mass is 10.0. The van der Waals surface area contributed by atoms with Gasteiger partial charge in [0.05, 0.1) is 12.5 Å². The largest absolute Gasteiger partial charge is 0.481 e. The van der Waals surface area contributed by atoms with Crippen LogP contribution in [0.5, 0.6) is 0 Å². The molecule has 2 aliphatic rings. The van der Waals surface area contributed by atoms with Gasteiger partial charge >= 0.3 is 24.1 Å². The minimum absolute atomic E-state index is 0.0745. The van der Waals surface area contributed by atoms with Crippen LogP contribution in [0.15, 0.2) is 0 Å². The summed E-state index contributed by atoms with van der Waals surface area (Å²) in [6, 6.07) is -1.16. The van der Waals surface area contributed by atoms with Crippen molar-refractivity contribution >= 4 is 24.1 Å². The highest BCUT2D eigenvalue weighted by Gasteiger charge is 2.40. The van der Waals surface area contributed by atoms with Crippen LogP contribution < -0.4 is 5.32 Å². The van der Waals surface area contributed by atoms with Crippen molar-refractivity contribution in [1.82, 2.24) is 15.1 Å². The zero-order chi connectivity index (χ0) is 24.7. The predicted molar refractivity (Wildman–Crippen MR) is 115 cm³/mol. The molecule has 2 heterocycles. The molecule has 11 nitrogen and oxygen atoms in total. The molecule has 0 aliphatic carbocycles. The fourth-order valence-corrected chi connectivity index (χ4v) is 3.09. The molecule has 2 saturated heterocycles. The van der Waals surface area contributed by atoms with E-state index in [-0.39, 0.29) is 25.6 Å². The highest BCUT2D eigenvalue weighted by molar-refractivity contribution is 5.82. The van der Waals surface area contributed by atoms with Gasteiger partial charge in [0.15, 0.2) is 6.04 Å². The van der Waals surface area contributed by atoms with Gasteiger partial charge < -0.3 is 29.9 Å². The number of hydrogen-bond acceptors (Lipinski definition) is 7. The van der Waals surface area contributed by atoms with Crippen molar-refractivity contribution in [3.05, 3.63) is 0 Å². The Balaban J connectivity index is 0.000000471. The van der Waals surface area contributed by atoms with Crippen LogP contribution in [0.25, 0.3) is 0 Å². The second kappa shape index (κ2) is 11.3. The molecular formula is C21H37N3O8. The first-order chi connectivity index (χ1) is 14.6. The van der Waals surface area contributed by atoms with Crippen LogP contribution in [-0.4, -0.2) is 94.1 Å². The van der Waals surface area contributed by atoms with Crippen LogP contribution in [0, 0.1) is 5.92 Å². The summed E-state index contributed by atoms with van der Waals surface area (Å²) in [5.41, 5.74) is -1.39. The Labute approximate surface area is 189 Å². The summed E-state index contributed by atoms with van der Waals surface area (Å²) in [5.74, 6) is -2.00. The molecule has 2 amide bonds. The standard InChI is InChI=1S/C15H26N2O6.C6H11NO2/c1-14(2,3)22-12(20)16-7-8-17(10(9-16)11(18)19)13(21)23-15(4,5)6;8-6(9)5-2-1-3-7-4-5/h10H,7-9H2,1-6H3,(H,18,19);5,7H,1-4H2,(H,8,9)/t10-;5-/m11/s1. The number of carboxylic acid groups (broad SMARTS) is 2. The smallest absolute Gasteiger partial charge is 0.411 e. The van der Waals surface area contributed by atoms with Crippen LogP contribution in [0.3, 0.4) is 0 Å². The van der Waals surface area contributed by atoms with Gasteiger partial charge in [-0.05, 0) is 60.9 Å². The molecule has 2 rings (SSSR count). The first-order valence-electron chi connectivity index (χ1n) is 10.7. The zero-order valence-corrected chi connectivity index (χ0v) is 19.8. The topological polar surface area (TPSA) is 146 Å². The third-order valence-corrected chi connectivity index (χ3v) is 4.59. The number of carboxylic acids is 2. The lowest BCUT2D eigenvalue weighted by molar-refractivity contribution is -0.145. The molecule has 32 heavy (non-hydrogen) atoms. The van der Waals surface area contributed by atoms with Gasteiger partial charge in [0, 0.05) is 19.6 Å².